The van der Waals surface area contributed by atoms with Crippen LogP contribution < -0.4 is 4.74 Å². The fraction of sp³-hybridized carbons (Fsp3) is 0.138. The number of aliphatic hydroxyl groups is 1. The van der Waals surface area contributed by atoms with Gasteiger partial charge in [0.1, 0.15) is 34.5 Å². The highest BCUT2D eigenvalue weighted by Crippen LogP contribution is 2.40. The number of nitrogens with zero attached hydrogens (tertiary/aromatic N) is 1. The number of hydrogen-bond donors (Lipinski definition) is 1. The van der Waals surface area contributed by atoms with E-state index in [4.69, 9.17) is 21.1 Å². The summed E-state index contributed by atoms with van der Waals surface area (Å²) >= 11 is 7.35. The van der Waals surface area contributed by atoms with Gasteiger partial charge in [-0.05, 0) is 55.8 Å². The van der Waals surface area contributed by atoms with Crippen molar-refractivity contribution in [3.8, 4) is 5.75 Å². The van der Waals surface area contributed by atoms with Crippen molar-refractivity contribution < 1.29 is 28.6 Å². The maximum atomic E-state index is 13.9. The van der Waals surface area contributed by atoms with E-state index in [0.717, 1.165) is 17.3 Å². The maximum Gasteiger partial charge on any atom is 0.344 e. The van der Waals surface area contributed by atoms with Crippen molar-refractivity contribution in [1.82, 2.24) is 0 Å². The number of thioether (sulfide) groups is 1. The summed E-state index contributed by atoms with van der Waals surface area (Å²) in [6, 6.07) is 18.1. The normalized spacial score (nSPS) is 15.3. The van der Waals surface area contributed by atoms with E-state index in [9.17, 15) is 19.1 Å². The van der Waals surface area contributed by atoms with Gasteiger partial charge in [0.05, 0.1) is 16.5 Å². The SMILES string of the molecule is CCOC(=O)C1=C(O)/C(=C/c2ccc(OCc3ccccc3F)c(Cl)c2)SC1=NC(=O)c1ccc(C)cc1. The zero-order chi connectivity index (χ0) is 27.2. The van der Waals surface area contributed by atoms with Crippen LogP contribution in [-0.2, 0) is 16.1 Å². The molecule has 0 unspecified atom stereocenters. The Labute approximate surface area is 228 Å². The standard InChI is InChI=1S/C29H23ClFNO5S/c1-3-36-29(35)25-26(33)24(38-28(25)32-27(34)19-11-8-17(2)9-12-19)15-18-10-13-23(21(30)14-18)37-16-20-6-4-5-7-22(20)31/h4-15,33H,3,16H2,1-2H3/b24-15-,32-28?. The van der Waals surface area contributed by atoms with Gasteiger partial charge >= 0.3 is 5.97 Å². The molecular formula is C29H23ClFNO5S. The molecule has 0 saturated heterocycles. The Morgan fingerprint density at radius 1 is 1.11 bits per heavy atom. The number of aliphatic imine (C=N–C) groups is 1. The molecule has 6 nitrogen and oxygen atoms in total. The lowest BCUT2D eigenvalue weighted by atomic mass is 10.1. The van der Waals surface area contributed by atoms with Crippen LogP contribution in [0.5, 0.6) is 5.75 Å². The molecule has 0 saturated carbocycles. The topological polar surface area (TPSA) is 85.2 Å². The molecule has 1 N–H and O–H groups in total. The van der Waals surface area contributed by atoms with Crippen LogP contribution in [0.25, 0.3) is 6.08 Å². The van der Waals surface area contributed by atoms with Crippen LogP contribution in [0.2, 0.25) is 5.02 Å². The molecule has 0 aliphatic carbocycles. The Hall–Kier alpha value is -3.88. The zero-order valence-corrected chi connectivity index (χ0v) is 22.1. The lowest BCUT2D eigenvalue weighted by molar-refractivity contribution is -0.138. The summed E-state index contributed by atoms with van der Waals surface area (Å²) in [5.41, 5.74) is 2.14. The first kappa shape index (κ1) is 27.2. The smallest absolute Gasteiger partial charge is 0.344 e. The second kappa shape index (κ2) is 12.1. The molecule has 0 radical (unpaired) electrons. The number of carbonyl (C=O) groups is 2. The maximum absolute atomic E-state index is 13.9. The molecule has 3 aromatic carbocycles. The number of halogens is 2. The molecule has 4 rings (SSSR count). The predicted molar refractivity (Wildman–Crippen MR) is 147 cm³/mol. The lowest BCUT2D eigenvalue weighted by Gasteiger charge is -2.09. The zero-order valence-electron chi connectivity index (χ0n) is 20.5. The first-order valence-electron chi connectivity index (χ1n) is 11.6. The number of aliphatic hydroxyl groups excluding tert-OH is 1. The molecule has 0 aromatic heterocycles. The van der Waals surface area contributed by atoms with Crippen LogP contribution in [0.15, 0.2) is 88.0 Å². The van der Waals surface area contributed by atoms with Gasteiger partial charge in [0.25, 0.3) is 5.91 Å². The average Bonchev–Trinajstić information content (AvgIpc) is 3.19. The van der Waals surface area contributed by atoms with E-state index in [1.165, 1.54) is 6.07 Å². The minimum Gasteiger partial charge on any atom is -0.506 e. The van der Waals surface area contributed by atoms with Crippen LogP contribution in [0.4, 0.5) is 4.39 Å². The summed E-state index contributed by atoms with van der Waals surface area (Å²) in [5.74, 6) is -1.70. The third kappa shape index (κ3) is 6.33. The van der Waals surface area contributed by atoms with E-state index in [1.807, 2.05) is 6.92 Å². The van der Waals surface area contributed by atoms with Crippen molar-refractivity contribution >= 4 is 46.4 Å². The van der Waals surface area contributed by atoms with Crippen LogP contribution >= 0.6 is 23.4 Å². The average molecular weight is 552 g/mol. The highest BCUT2D eigenvalue weighted by atomic mass is 35.5. The fourth-order valence-corrected chi connectivity index (χ4v) is 4.75. The highest BCUT2D eigenvalue weighted by molar-refractivity contribution is 8.18. The number of benzene rings is 3. The number of rotatable bonds is 7. The largest absolute Gasteiger partial charge is 0.506 e. The van der Waals surface area contributed by atoms with E-state index in [2.05, 4.69) is 4.99 Å². The Morgan fingerprint density at radius 2 is 1.84 bits per heavy atom. The van der Waals surface area contributed by atoms with Gasteiger partial charge in [-0.25, -0.2) is 14.2 Å². The Kier molecular flexibility index (Phi) is 8.66. The molecule has 0 spiro atoms. The van der Waals surface area contributed by atoms with Gasteiger partial charge in [-0.1, -0.05) is 65.3 Å². The molecular weight excluding hydrogens is 529 g/mol. The number of carbonyl (C=O) groups excluding carboxylic acids is 2. The summed E-state index contributed by atoms with van der Waals surface area (Å²) in [5, 5.41) is 11.2. The van der Waals surface area contributed by atoms with Gasteiger partial charge in [0, 0.05) is 11.1 Å². The van der Waals surface area contributed by atoms with Crippen LogP contribution in [0.3, 0.4) is 0 Å². The summed E-state index contributed by atoms with van der Waals surface area (Å²) in [6.07, 6.45) is 1.60. The first-order valence-corrected chi connectivity index (χ1v) is 12.8. The molecule has 3 aromatic rings. The van der Waals surface area contributed by atoms with E-state index in [1.54, 1.807) is 73.7 Å². The minimum absolute atomic E-state index is 0.00391. The second-order valence-electron chi connectivity index (χ2n) is 8.21. The van der Waals surface area contributed by atoms with Crippen molar-refractivity contribution in [3.05, 3.63) is 116 Å². The molecule has 1 aliphatic rings. The minimum atomic E-state index is -0.786. The Morgan fingerprint density at radius 3 is 2.53 bits per heavy atom. The number of ether oxygens (including phenoxy) is 2. The molecule has 38 heavy (non-hydrogen) atoms. The van der Waals surface area contributed by atoms with Crippen molar-refractivity contribution in [2.75, 3.05) is 6.61 Å². The molecule has 1 amide bonds. The lowest BCUT2D eigenvalue weighted by Crippen LogP contribution is -2.14. The van der Waals surface area contributed by atoms with Crippen molar-refractivity contribution in [2.24, 2.45) is 4.99 Å². The third-order valence-corrected chi connectivity index (χ3v) is 6.78. The van der Waals surface area contributed by atoms with Gasteiger partial charge in [-0.3, -0.25) is 4.79 Å². The summed E-state index contributed by atoms with van der Waals surface area (Å²) < 4.78 is 24.6. The van der Waals surface area contributed by atoms with Crippen molar-refractivity contribution in [1.29, 1.82) is 0 Å². The monoisotopic (exact) mass is 551 g/mol. The summed E-state index contributed by atoms with van der Waals surface area (Å²) in [7, 11) is 0. The molecule has 0 atom stereocenters. The Bertz CT molecular complexity index is 1480. The van der Waals surface area contributed by atoms with Crippen LogP contribution in [0.1, 0.15) is 34.0 Å². The molecule has 0 fully saturated rings. The molecule has 9 heteroatoms. The molecule has 1 heterocycles. The van der Waals surface area contributed by atoms with E-state index < -0.39 is 11.9 Å². The van der Waals surface area contributed by atoms with E-state index >= 15 is 0 Å². The summed E-state index contributed by atoms with van der Waals surface area (Å²) in [4.78, 5) is 29.7. The number of amides is 1. The molecule has 1 aliphatic heterocycles. The van der Waals surface area contributed by atoms with Gasteiger partial charge < -0.3 is 14.6 Å². The van der Waals surface area contributed by atoms with Gasteiger partial charge in [-0.15, -0.1) is 0 Å². The third-order valence-electron chi connectivity index (χ3n) is 5.47. The van der Waals surface area contributed by atoms with Gasteiger partial charge in [-0.2, -0.15) is 0 Å². The second-order valence-corrected chi connectivity index (χ2v) is 9.65. The highest BCUT2D eigenvalue weighted by Gasteiger charge is 2.34. The van der Waals surface area contributed by atoms with Crippen molar-refractivity contribution in [2.45, 2.75) is 20.5 Å². The predicted octanol–water partition coefficient (Wildman–Crippen LogP) is 7.07. The fourth-order valence-electron chi connectivity index (χ4n) is 3.49. The van der Waals surface area contributed by atoms with Crippen LogP contribution in [0, 0.1) is 12.7 Å². The van der Waals surface area contributed by atoms with Crippen molar-refractivity contribution in [3.63, 3.8) is 0 Å². The number of hydrogen-bond acceptors (Lipinski definition) is 6. The number of aryl methyl sites for hydroxylation is 1. The molecule has 194 valence electrons. The molecule has 0 bridgehead atoms. The van der Waals surface area contributed by atoms with Gasteiger partial charge in [0.15, 0.2) is 0 Å². The number of esters is 1. The summed E-state index contributed by atoms with van der Waals surface area (Å²) in [6.45, 7) is 3.63. The van der Waals surface area contributed by atoms with E-state index in [0.29, 0.717) is 27.3 Å². The first-order chi connectivity index (χ1) is 18.3. The van der Waals surface area contributed by atoms with Crippen LogP contribution in [-0.4, -0.2) is 28.6 Å². The Balaban J connectivity index is 1.59. The van der Waals surface area contributed by atoms with Gasteiger partial charge in [0.2, 0.25) is 0 Å². The van der Waals surface area contributed by atoms with E-state index in [-0.39, 0.29) is 40.4 Å². The quantitative estimate of drug-likeness (QED) is 0.316.